The van der Waals surface area contributed by atoms with Crippen LogP contribution in [0.5, 0.6) is 0 Å². The maximum atomic E-state index is 13.7. The molecule has 0 saturated carbocycles. The first-order chi connectivity index (χ1) is 12.9. The molecule has 4 N–H and O–H groups in total. The van der Waals surface area contributed by atoms with Gasteiger partial charge >= 0.3 is 0 Å². The Morgan fingerprint density at radius 2 is 1.70 bits per heavy atom. The number of rotatable bonds is 2. The molecule has 0 atom stereocenters. The van der Waals surface area contributed by atoms with E-state index in [2.05, 4.69) is 4.98 Å². The van der Waals surface area contributed by atoms with Crippen LogP contribution in [0.15, 0.2) is 47.0 Å². The lowest BCUT2D eigenvalue weighted by atomic mass is 10.0. The van der Waals surface area contributed by atoms with Crippen molar-refractivity contribution in [2.75, 3.05) is 11.5 Å². The Kier molecular flexibility index (Phi) is 4.17. The maximum absolute atomic E-state index is 13.7. The van der Waals surface area contributed by atoms with Crippen LogP contribution >= 0.6 is 23.2 Å². The van der Waals surface area contributed by atoms with Gasteiger partial charge in [0.05, 0.1) is 15.4 Å². The highest BCUT2D eigenvalue weighted by molar-refractivity contribution is 6.33. The van der Waals surface area contributed by atoms with Crippen molar-refractivity contribution in [3.8, 4) is 22.4 Å². The normalized spacial score (nSPS) is 11.3. The summed E-state index contributed by atoms with van der Waals surface area (Å²) in [7, 11) is 0. The average molecular weight is 406 g/mol. The zero-order chi connectivity index (χ0) is 19.3. The second-order valence-electron chi connectivity index (χ2n) is 5.86. The second kappa shape index (κ2) is 6.40. The van der Waals surface area contributed by atoms with E-state index in [1.807, 2.05) is 0 Å². The largest absolute Gasteiger partial charge is 0.436 e. The smallest absolute Gasteiger partial charge is 0.215 e. The summed E-state index contributed by atoms with van der Waals surface area (Å²) in [5.74, 6) is -1.04. The molecule has 0 radical (unpaired) electrons. The van der Waals surface area contributed by atoms with Crippen molar-refractivity contribution in [1.82, 2.24) is 4.98 Å². The third-order valence-electron chi connectivity index (χ3n) is 4.20. The van der Waals surface area contributed by atoms with Gasteiger partial charge in [0.25, 0.3) is 0 Å². The van der Waals surface area contributed by atoms with Crippen LogP contribution < -0.4 is 11.5 Å². The van der Waals surface area contributed by atoms with E-state index < -0.39 is 11.6 Å². The highest BCUT2D eigenvalue weighted by Crippen LogP contribution is 2.43. The number of fused-ring (bicyclic) bond motifs is 1. The predicted octanol–water partition coefficient (Wildman–Crippen LogP) is 5.91. The number of nitrogens with two attached hydrogens (primary N) is 2. The van der Waals surface area contributed by atoms with Gasteiger partial charge in [-0.05, 0) is 35.9 Å². The molecule has 2 heterocycles. The molecule has 0 aliphatic rings. The molecule has 0 fully saturated rings. The van der Waals surface area contributed by atoms with Gasteiger partial charge in [0.1, 0.15) is 23.0 Å². The Labute approximate surface area is 162 Å². The molecule has 4 aromatic rings. The molecule has 0 saturated heterocycles. The summed E-state index contributed by atoms with van der Waals surface area (Å²) in [6.45, 7) is 0. The molecule has 2 aromatic heterocycles. The van der Waals surface area contributed by atoms with Gasteiger partial charge in [-0.15, -0.1) is 0 Å². The van der Waals surface area contributed by atoms with Crippen LogP contribution in [0.1, 0.15) is 0 Å². The van der Waals surface area contributed by atoms with Gasteiger partial charge in [-0.1, -0.05) is 29.3 Å². The van der Waals surface area contributed by atoms with Crippen molar-refractivity contribution in [1.29, 1.82) is 0 Å². The monoisotopic (exact) mass is 405 g/mol. The molecule has 136 valence electrons. The maximum Gasteiger partial charge on any atom is 0.215 e. The lowest BCUT2D eigenvalue weighted by Crippen LogP contribution is -1.93. The molecule has 0 bridgehead atoms. The molecule has 27 heavy (non-hydrogen) atoms. The molecule has 8 heteroatoms. The van der Waals surface area contributed by atoms with Crippen molar-refractivity contribution in [2.24, 2.45) is 0 Å². The number of nitrogens with zero attached hydrogens (tertiary/aromatic N) is 1. The van der Waals surface area contributed by atoms with Crippen LogP contribution in [-0.2, 0) is 0 Å². The zero-order valence-corrected chi connectivity index (χ0v) is 15.1. The first-order valence-electron chi connectivity index (χ1n) is 7.74. The minimum atomic E-state index is -0.549. The topological polar surface area (TPSA) is 78.1 Å². The Morgan fingerprint density at radius 3 is 2.44 bits per heavy atom. The van der Waals surface area contributed by atoms with Gasteiger partial charge in [-0.2, -0.15) is 0 Å². The molecular weight excluding hydrogens is 395 g/mol. The lowest BCUT2D eigenvalue weighted by molar-refractivity contribution is 0.627. The molecule has 0 aliphatic heterocycles. The number of hydrogen-bond donors (Lipinski definition) is 2. The van der Waals surface area contributed by atoms with Gasteiger partial charge in [0.2, 0.25) is 5.88 Å². The van der Waals surface area contributed by atoms with E-state index in [4.69, 9.17) is 39.1 Å². The molecule has 0 unspecified atom stereocenters. The van der Waals surface area contributed by atoms with Gasteiger partial charge in [-0.25, -0.2) is 8.78 Å². The highest BCUT2D eigenvalue weighted by Gasteiger charge is 2.21. The molecular formula is C19H11Cl2F2N3O. The third-order valence-corrected chi connectivity index (χ3v) is 4.81. The van der Waals surface area contributed by atoms with Crippen LogP contribution in [-0.4, -0.2) is 4.98 Å². The summed E-state index contributed by atoms with van der Waals surface area (Å²) >= 11 is 12.1. The Morgan fingerprint density at radius 1 is 0.926 bits per heavy atom. The van der Waals surface area contributed by atoms with Crippen molar-refractivity contribution >= 4 is 45.7 Å². The van der Waals surface area contributed by atoms with Crippen molar-refractivity contribution < 1.29 is 13.2 Å². The summed E-state index contributed by atoms with van der Waals surface area (Å²) in [5, 5.41) is 0.699. The van der Waals surface area contributed by atoms with E-state index in [1.54, 1.807) is 0 Å². The van der Waals surface area contributed by atoms with Crippen LogP contribution in [0.25, 0.3) is 33.4 Å². The number of furan rings is 1. The minimum absolute atomic E-state index is 0.0127. The Hall–Kier alpha value is -2.83. The molecule has 0 aliphatic carbocycles. The van der Waals surface area contributed by atoms with Crippen LogP contribution in [0.2, 0.25) is 10.0 Å². The van der Waals surface area contributed by atoms with E-state index in [0.29, 0.717) is 22.1 Å². The van der Waals surface area contributed by atoms with Crippen molar-refractivity contribution in [3.05, 3.63) is 64.3 Å². The van der Waals surface area contributed by atoms with Gasteiger partial charge in [-0.3, -0.25) is 4.98 Å². The third kappa shape index (κ3) is 2.87. The summed E-state index contributed by atoms with van der Waals surface area (Å²) in [4.78, 5) is 4.37. The zero-order valence-electron chi connectivity index (χ0n) is 13.6. The van der Waals surface area contributed by atoms with Crippen molar-refractivity contribution in [2.45, 2.75) is 0 Å². The molecule has 0 spiro atoms. The van der Waals surface area contributed by atoms with E-state index in [0.717, 1.165) is 0 Å². The van der Waals surface area contributed by atoms with E-state index in [1.165, 1.54) is 42.6 Å². The number of nitrogen functional groups attached to an aromatic ring is 2. The number of aromatic nitrogens is 1. The quantitative estimate of drug-likeness (QED) is 0.434. The van der Waals surface area contributed by atoms with E-state index in [-0.39, 0.29) is 32.9 Å². The lowest BCUT2D eigenvalue weighted by Gasteiger charge is -2.09. The number of benzene rings is 2. The fourth-order valence-electron chi connectivity index (χ4n) is 2.90. The fourth-order valence-corrected chi connectivity index (χ4v) is 3.29. The Balaban J connectivity index is 2.05. The predicted molar refractivity (Wildman–Crippen MR) is 104 cm³/mol. The standard InChI is InChI=1S/C19H11Cl2F2N3O/c20-12-3-2-9(22)6-10(12)17-18-15(16(24)19(25)27-18)11(7-26-17)8-1-4-14(23)13(21)5-8/h1-7H,24-25H2. The Bertz CT molecular complexity index is 1210. The average Bonchev–Trinajstić information content (AvgIpc) is 2.94. The minimum Gasteiger partial charge on any atom is -0.436 e. The summed E-state index contributed by atoms with van der Waals surface area (Å²) in [6.07, 6.45) is 1.51. The summed E-state index contributed by atoms with van der Waals surface area (Å²) < 4.78 is 32.8. The van der Waals surface area contributed by atoms with E-state index in [9.17, 15) is 8.78 Å². The number of pyridine rings is 1. The number of hydrogen-bond acceptors (Lipinski definition) is 4. The number of anilines is 2. The first-order valence-corrected chi connectivity index (χ1v) is 8.49. The van der Waals surface area contributed by atoms with Crippen molar-refractivity contribution in [3.63, 3.8) is 0 Å². The van der Waals surface area contributed by atoms with Crippen LogP contribution in [0.4, 0.5) is 20.4 Å². The fraction of sp³-hybridized carbons (Fsp3) is 0. The SMILES string of the molecule is Nc1oc2c(-c3cc(F)ccc3Cl)ncc(-c3ccc(F)c(Cl)c3)c2c1N. The first kappa shape index (κ1) is 17.6. The molecule has 0 amide bonds. The second-order valence-corrected chi connectivity index (χ2v) is 6.67. The highest BCUT2D eigenvalue weighted by atomic mass is 35.5. The summed E-state index contributed by atoms with van der Waals surface area (Å²) in [5.41, 5.74) is 14.1. The van der Waals surface area contributed by atoms with Gasteiger partial charge in [0.15, 0.2) is 5.58 Å². The van der Waals surface area contributed by atoms with Gasteiger partial charge < -0.3 is 15.9 Å². The summed E-state index contributed by atoms with van der Waals surface area (Å²) in [6, 6.07) is 8.12. The molecule has 2 aromatic carbocycles. The number of halogens is 4. The van der Waals surface area contributed by atoms with Crippen LogP contribution in [0.3, 0.4) is 0 Å². The molecule has 4 rings (SSSR count). The van der Waals surface area contributed by atoms with Gasteiger partial charge in [0, 0.05) is 17.3 Å². The molecule has 4 nitrogen and oxygen atoms in total. The van der Waals surface area contributed by atoms with Crippen LogP contribution in [0, 0.1) is 11.6 Å². The van der Waals surface area contributed by atoms with E-state index >= 15 is 0 Å².